The minimum Gasteiger partial charge on any atom is -0.313 e. The molecule has 3 rings (SSSR count). The van der Waals surface area contributed by atoms with Crippen LogP contribution in [0.3, 0.4) is 0 Å². The molecule has 2 aromatic heterocycles. The molecule has 0 aromatic carbocycles. The molecular formula is C17H21F3N4O2S. The van der Waals surface area contributed by atoms with Crippen LogP contribution in [0.25, 0.3) is 10.2 Å². The Hall–Kier alpha value is -2.10. The molecule has 1 fully saturated rings. The summed E-state index contributed by atoms with van der Waals surface area (Å²) in [6, 6.07) is 0. The number of rotatable bonds is 5. The summed E-state index contributed by atoms with van der Waals surface area (Å²) < 4.78 is 40.7. The van der Waals surface area contributed by atoms with Gasteiger partial charge in [-0.25, -0.2) is 4.79 Å². The first-order valence-corrected chi connectivity index (χ1v) is 9.47. The van der Waals surface area contributed by atoms with Gasteiger partial charge in [-0.3, -0.25) is 13.9 Å². The Bertz CT molecular complexity index is 1010. The molecule has 27 heavy (non-hydrogen) atoms. The highest BCUT2D eigenvalue weighted by atomic mass is 32.1. The van der Waals surface area contributed by atoms with Gasteiger partial charge in [0.1, 0.15) is 4.83 Å². The minimum atomic E-state index is -4.39. The van der Waals surface area contributed by atoms with E-state index in [-0.39, 0.29) is 4.83 Å². The fourth-order valence-electron chi connectivity index (χ4n) is 3.43. The molecule has 1 aliphatic rings. The van der Waals surface area contributed by atoms with E-state index in [1.54, 1.807) is 14.0 Å². The molecule has 0 radical (unpaired) electrons. The third-order valence-corrected chi connectivity index (χ3v) is 6.40. The van der Waals surface area contributed by atoms with Crippen LogP contribution in [0, 0.1) is 6.92 Å². The van der Waals surface area contributed by atoms with E-state index in [1.165, 1.54) is 6.21 Å². The smallest absolute Gasteiger partial charge is 0.313 e. The second-order valence-corrected chi connectivity index (χ2v) is 8.07. The molecule has 1 N–H and O–H groups in total. The number of halogens is 3. The van der Waals surface area contributed by atoms with Crippen molar-refractivity contribution < 1.29 is 13.2 Å². The van der Waals surface area contributed by atoms with Gasteiger partial charge in [-0.05, 0) is 38.7 Å². The Morgan fingerprint density at radius 3 is 2.52 bits per heavy atom. The molecule has 2 aromatic rings. The second kappa shape index (κ2) is 6.81. The molecule has 6 nitrogen and oxygen atoms in total. The van der Waals surface area contributed by atoms with Gasteiger partial charge in [-0.2, -0.15) is 18.3 Å². The number of aryl methyl sites for hydroxylation is 2. The molecule has 148 valence electrons. The van der Waals surface area contributed by atoms with Crippen molar-refractivity contribution in [2.24, 2.45) is 5.10 Å². The Balaban J connectivity index is 2.31. The van der Waals surface area contributed by atoms with Gasteiger partial charge in [0.05, 0.1) is 22.9 Å². The molecule has 0 amide bonds. The molecule has 0 aliphatic heterocycles. The Morgan fingerprint density at radius 1 is 1.33 bits per heavy atom. The van der Waals surface area contributed by atoms with Crippen LogP contribution >= 0.6 is 11.3 Å². The van der Waals surface area contributed by atoms with Crippen molar-refractivity contribution in [1.29, 1.82) is 0 Å². The second-order valence-electron chi connectivity index (χ2n) is 7.04. The molecule has 2 heterocycles. The SMILES string of the molecule is CN/N=C/c1sc2c(c1C)c(=O)n(C1(C)CCC1)c(=O)n2CCC(F)(F)F. The zero-order valence-electron chi connectivity index (χ0n) is 15.3. The summed E-state index contributed by atoms with van der Waals surface area (Å²) in [5.74, 6) is 0. The van der Waals surface area contributed by atoms with Crippen molar-refractivity contribution in [2.75, 3.05) is 7.05 Å². The molecule has 1 saturated carbocycles. The predicted molar refractivity (Wildman–Crippen MR) is 99.9 cm³/mol. The molecule has 0 unspecified atom stereocenters. The molecule has 0 atom stereocenters. The first-order chi connectivity index (χ1) is 12.6. The molecule has 1 aliphatic carbocycles. The van der Waals surface area contributed by atoms with Crippen LogP contribution in [-0.4, -0.2) is 28.6 Å². The van der Waals surface area contributed by atoms with Crippen LogP contribution in [0.5, 0.6) is 0 Å². The van der Waals surface area contributed by atoms with E-state index in [4.69, 9.17) is 0 Å². The summed E-state index contributed by atoms with van der Waals surface area (Å²) in [5, 5.41) is 4.22. The van der Waals surface area contributed by atoms with Crippen molar-refractivity contribution in [2.45, 2.75) is 57.8 Å². The quantitative estimate of drug-likeness (QED) is 0.618. The van der Waals surface area contributed by atoms with Crippen LogP contribution in [0.2, 0.25) is 0 Å². The van der Waals surface area contributed by atoms with Crippen LogP contribution in [-0.2, 0) is 12.1 Å². The number of fused-ring (bicyclic) bond motifs is 1. The number of aromatic nitrogens is 2. The number of hydrogen-bond acceptors (Lipinski definition) is 5. The highest BCUT2D eigenvalue weighted by Crippen LogP contribution is 2.37. The number of alkyl halides is 3. The predicted octanol–water partition coefficient (Wildman–Crippen LogP) is 2.94. The van der Waals surface area contributed by atoms with E-state index in [1.807, 2.05) is 6.92 Å². The molecule has 0 spiro atoms. The van der Waals surface area contributed by atoms with Crippen molar-refractivity contribution in [3.63, 3.8) is 0 Å². The average Bonchev–Trinajstić information content (AvgIpc) is 2.87. The van der Waals surface area contributed by atoms with Gasteiger partial charge in [0, 0.05) is 19.1 Å². The first kappa shape index (κ1) is 19.7. The van der Waals surface area contributed by atoms with E-state index >= 15 is 0 Å². The Morgan fingerprint density at radius 2 is 2.00 bits per heavy atom. The van der Waals surface area contributed by atoms with E-state index in [9.17, 15) is 22.8 Å². The molecule has 10 heteroatoms. The van der Waals surface area contributed by atoms with Crippen LogP contribution < -0.4 is 16.7 Å². The lowest BCUT2D eigenvalue weighted by molar-refractivity contribution is -0.136. The summed E-state index contributed by atoms with van der Waals surface area (Å²) in [6.07, 6.45) is -1.82. The largest absolute Gasteiger partial charge is 0.390 e. The highest BCUT2D eigenvalue weighted by Gasteiger charge is 2.38. The van der Waals surface area contributed by atoms with E-state index in [0.717, 1.165) is 26.9 Å². The first-order valence-electron chi connectivity index (χ1n) is 8.65. The van der Waals surface area contributed by atoms with Crippen molar-refractivity contribution in [3.8, 4) is 0 Å². The van der Waals surface area contributed by atoms with Gasteiger partial charge in [0.25, 0.3) is 5.56 Å². The standard InChI is InChI=1S/C17H21F3N4O2S/c1-10-11(9-22-21-3)27-14-12(10)13(25)24(16(2)5-4-6-16)15(26)23(14)8-7-17(18,19)20/h9,21H,4-8H2,1-3H3/b22-9+. The number of hydrogen-bond donors (Lipinski definition) is 1. The van der Waals surface area contributed by atoms with E-state index < -0.39 is 35.9 Å². The third kappa shape index (κ3) is 3.42. The van der Waals surface area contributed by atoms with Gasteiger partial charge >= 0.3 is 11.9 Å². The average molecular weight is 402 g/mol. The number of thiophene rings is 1. The lowest BCUT2D eigenvalue weighted by Gasteiger charge is -2.39. The molecular weight excluding hydrogens is 381 g/mol. The summed E-state index contributed by atoms with van der Waals surface area (Å²) in [6.45, 7) is 3.02. The number of nitrogens with zero attached hydrogens (tertiary/aromatic N) is 3. The van der Waals surface area contributed by atoms with Gasteiger partial charge in [-0.15, -0.1) is 11.3 Å². The Kier molecular flexibility index (Phi) is 4.96. The summed E-state index contributed by atoms with van der Waals surface area (Å²) in [4.78, 5) is 27.0. The van der Waals surface area contributed by atoms with Gasteiger partial charge in [0.15, 0.2) is 0 Å². The van der Waals surface area contributed by atoms with Crippen LogP contribution in [0.4, 0.5) is 13.2 Å². The maximum atomic E-state index is 13.1. The lowest BCUT2D eigenvalue weighted by Crippen LogP contribution is -2.53. The van der Waals surface area contributed by atoms with Crippen LogP contribution in [0.1, 0.15) is 43.0 Å². The zero-order chi connectivity index (χ0) is 20.0. The summed E-state index contributed by atoms with van der Waals surface area (Å²) >= 11 is 1.11. The fourth-order valence-corrected chi connectivity index (χ4v) is 4.62. The maximum absolute atomic E-state index is 13.1. The summed E-state index contributed by atoms with van der Waals surface area (Å²) in [5.41, 5.74) is 1.48. The van der Waals surface area contributed by atoms with E-state index in [2.05, 4.69) is 10.5 Å². The van der Waals surface area contributed by atoms with Crippen molar-refractivity contribution in [3.05, 3.63) is 31.3 Å². The third-order valence-electron chi connectivity index (χ3n) is 5.15. The zero-order valence-corrected chi connectivity index (χ0v) is 16.1. The van der Waals surface area contributed by atoms with Crippen LogP contribution in [0.15, 0.2) is 14.7 Å². The fraction of sp³-hybridized carbons (Fsp3) is 0.588. The van der Waals surface area contributed by atoms with Crippen molar-refractivity contribution in [1.82, 2.24) is 14.6 Å². The molecule has 0 saturated heterocycles. The lowest BCUT2D eigenvalue weighted by atomic mass is 9.78. The van der Waals surface area contributed by atoms with Gasteiger partial charge < -0.3 is 5.43 Å². The van der Waals surface area contributed by atoms with Gasteiger partial charge in [-0.1, -0.05) is 0 Å². The normalized spacial score (nSPS) is 16.8. The van der Waals surface area contributed by atoms with Crippen molar-refractivity contribution >= 4 is 27.8 Å². The number of hydrazone groups is 1. The Labute approximate surface area is 157 Å². The minimum absolute atomic E-state index is 0.267. The van der Waals surface area contributed by atoms with E-state index in [0.29, 0.717) is 28.7 Å². The van der Waals surface area contributed by atoms with Gasteiger partial charge in [0.2, 0.25) is 0 Å². The number of nitrogens with one attached hydrogen (secondary N) is 1. The topological polar surface area (TPSA) is 68.4 Å². The monoisotopic (exact) mass is 402 g/mol. The summed E-state index contributed by atoms with van der Waals surface area (Å²) in [7, 11) is 1.61. The molecule has 0 bridgehead atoms. The maximum Gasteiger partial charge on any atom is 0.390 e. The highest BCUT2D eigenvalue weighted by molar-refractivity contribution is 7.20.